The number of unbranched alkanes of at least 4 members (excludes halogenated alkanes) is 11. The summed E-state index contributed by atoms with van der Waals surface area (Å²) in [5.41, 5.74) is 0. The molecule has 0 N–H and O–H groups in total. The van der Waals surface area contributed by atoms with Crippen LogP contribution in [0.15, 0.2) is 12.4 Å². The first kappa shape index (κ1) is 18.3. The second-order valence-corrected chi connectivity index (χ2v) is 6.27. The number of hydrogen-bond acceptors (Lipinski definition) is 1. The van der Waals surface area contributed by atoms with Crippen LogP contribution < -0.4 is 0 Å². The molecule has 0 aliphatic heterocycles. The van der Waals surface area contributed by atoms with Gasteiger partial charge < -0.3 is 4.57 Å². The Kier molecular flexibility index (Phi) is 11.2. The summed E-state index contributed by atoms with van der Waals surface area (Å²) in [6, 6.07) is 0. The fraction of sp³-hybridized carbons (Fsp3) is 0.842. The van der Waals surface area contributed by atoms with E-state index < -0.39 is 0 Å². The first-order valence-electron chi connectivity index (χ1n) is 9.38. The summed E-state index contributed by atoms with van der Waals surface area (Å²) in [4.78, 5) is 4.44. The third-order valence-corrected chi connectivity index (χ3v) is 4.40. The van der Waals surface area contributed by atoms with Crippen LogP contribution in [0.2, 0.25) is 0 Å². The van der Waals surface area contributed by atoms with Gasteiger partial charge in [-0.1, -0.05) is 77.6 Å². The topological polar surface area (TPSA) is 17.8 Å². The zero-order valence-corrected chi connectivity index (χ0v) is 14.4. The summed E-state index contributed by atoms with van der Waals surface area (Å²) in [6.07, 6.45) is 22.2. The van der Waals surface area contributed by atoms with Crippen molar-refractivity contribution in [2.24, 2.45) is 0 Å². The van der Waals surface area contributed by atoms with Crippen LogP contribution in [0, 0.1) is 0 Å². The zero-order valence-electron chi connectivity index (χ0n) is 14.4. The number of nitrogens with zero attached hydrogens (tertiary/aromatic N) is 2. The predicted octanol–water partition coefficient (Wildman–Crippen LogP) is 6.15. The Bertz CT molecular complexity index is 330. The van der Waals surface area contributed by atoms with Crippen molar-refractivity contribution in [3.63, 3.8) is 0 Å². The van der Waals surface area contributed by atoms with Crippen molar-refractivity contribution in [2.75, 3.05) is 0 Å². The molecule has 1 heterocycles. The predicted molar refractivity (Wildman–Crippen MR) is 92.7 cm³/mol. The fourth-order valence-electron chi connectivity index (χ4n) is 2.98. The van der Waals surface area contributed by atoms with Crippen LogP contribution in [0.3, 0.4) is 0 Å². The van der Waals surface area contributed by atoms with Crippen molar-refractivity contribution in [2.45, 2.75) is 104 Å². The highest BCUT2D eigenvalue weighted by Gasteiger charge is 2.00. The van der Waals surface area contributed by atoms with Gasteiger partial charge in [0.05, 0.1) is 0 Å². The molecule has 0 aromatic carbocycles. The third kappa shape index (κ3) is 8.95. The van der Waals surface area contributed by atoms with Gasteiger partial charge in [-0.3, -0.25) is 0 Å². The van der Waals surface area contributed by atoms with Crippen molar-refractivity contribution >= 4 is 0 Å². The van der Waals surface area contributed by atoms with Crippen LogP contribution in [0.1, 0.15) is 96.7 Å². The van der Waals surface area contributed by atoms with Gasteiger partial charge in [-0.15, -0.1) is 0 Å². The zero-order chi connectivity index (χ0) is 15.2. The number of rotatable bonds is 14. The van der Waals surface area contributed by atoms with Gasteiger partial charge >= 0.3 is 0 Å². The number of hydrogen-bond donors (Lipinski definition) is 0. The van der Waals surface area contributed by atoms with E-state index in [4.69, 9.17) is 0 Å². The van der Waals surface area contributed by atoms with Crippen molar-refractivity contribution in [3.05, 3.63) is 18.2 Å². The Morgan fingerprint density at radius 2 is 1.29 bits per heavy atom. The smallest absolute Gasteiger partial charge is 0.108 e. The summed E-state index contributed by atoms with van der Waals surface area (Å²) in [5, 5.41) is 0. The van der Waals surface area contributed by atoms with Gasteiger partial charge in [0, 0.05) is 25.4 Å². The van der Waals surface area contributed by atoms with E-state index in [0.717, 1.165) is 13.0 Å². The molecular weight excluding hydrogens is 256 g/mol. The van der Waals surface area contributed by atoms with Gasteiger partial charge in [-0.25, -0.2) is 4.98 Å². The minimum absolute atomic E-state index is 1.05. The van der Waals surface area contributed by atoms with E-state index in [-0.39, 0.29) is 0 Å². The fourth-order valence-corrected chi connectivity index (χ4v) is 2.98. The molecule has 2 heteroatoms. The largest absolute Gasteiger partial charge is 0.335 e. The molecule has 0 aliphatic rings. The lowest BCUT2D eigenvalue weighted by atomic mass is 10.0. The van der Waals surface area contributed by atoms with Crippen molar-refractivity contribution < 1.29 is 0 Å². The molecule has 0 unspecified atom stereocenters. The van der Waals surface area contributed by atoms with Crippen LogP contribution in [0.25, 0.3) is 0 Å². The molecule has 0 radical (unpaired) electrons. The normalized spacial score (nSPS) is 11.1. The maximum Gasteiger partial charge on any atom is 0.108 e. The molecule has 0 atom stereocenters. The second kappa shape index (κ2) is 12.9. The van der Waals surface area contributed by atoms with E-state index in [1.807, 2.05) is 6.20 Å². The minimum atomic E-state index is 1.05. The van der Waals surface area contributed by atoms with Gasteiger partial charge in [-0.2, -0.15) is 0 Å². The molecule has 0 saturated carbocycles. The highest BCUT2D eigenvalue weighted by Crippen LogP contribution is 2.13. The van der Waals surface area contributed by atoms with Crippen LogP contribution in [-0.2, 0) is 13.0 Å². The molecule has 0 saturated heterocycles. The van der Waals surface area contributed by atoms with Crippen LogP contribution >= 0.6 is 0 Å². The van der Waals surface area contributed by atoms with Gasteiger partial charge in [0.1, 0.15) is 5.82 Å². The second-order valence-electron chi connectivity index (χ2n) is 6.27. The summed E-state index contributed by atoms with van der Waals surface area (Å²) in [7, 11) is 0. The first-order valence-corrected chi connectivity index (χ1v) is 9.38. The molecule has 21 heavy (non-hydrogen) atoms. The average Bonchev–Trinajstić information content (AvgIpc) is 2.96. The lowest BCUT2D eigenvalue weighted by molar-refractivity contribution is 0.540. The molecule has 0 fully saturated rings. The van der Waals surface area contributed by atoms with Crippen LogP contribution in [0.4, 0.5) is 0 Å². The molecule has 122 valence electrons. The van der Waals surface area contributed by atoms with Crippen molar-refractivity contribution in [3.8, 4) is 0 Å². The quantitative estimate of drug-likeness (QED) is 0.376. The SMILES string of the molecule is CCCCCCCCCCCCCCc1nccn1CC. The third-order valence-electron chi connectivity index (χ3n) is 4.40. The van der Waals surface area contributed by atoms with E-state index in [0.29, 0.717) is 0 Å². The van der Waals surface area contributed by atoms with E-state index >= 15 is 0 Å². The van der Waals surface area contributed by atoms with Crippen molar-refractivity contribution in [1.82, 2.24) is 9.55 Å². The van der Waals surface area contributed by atoms with Crippen LogP contribution in [-0.4, -0.2) is 9.55 Å². The molecule has 0 aliphatic carbocycles. The molecule has 1 rings (SSSR count). The highest BCUT2D eigenvalue weighted by atomic mass is 15.0. The maximum atomic E-state index is 4.44. The maximum absolute atomic E-state index is 4.44. The lowest BCUT2D eigenvalue weighted by Crippen LogP contribution is -2.00. The summed E-state index contributed by atoms with van der Waals surface area (Å²) >= 11 is 0. The van der Waals surface area contributed by atoms with Gasteiger partial charge in [0.25, 0.3) is 0 Å². The molecule has 1 aromatic rings. The Labute approximate surface area is 132 Å². The number of imidazole rings is 1. The van der Waals surface area contributed by atoms with E-state index in [2.05, 4.69) is 29.6 Å². The molecule has 0 bridgehead atoms. The molecular formula is C19H36N2. The number of aromatic nitrogens is 2. The van der Waals surface area contributed by atoms with Crippen molar-refractivity contribution in [1.29, 1.82) is 0 Å². The van der Waals surface area contributed by atoms with Gasteiger partial charge in [0.2, 0.25) is 0 Å². The Balaban J connectivity index is 1.83. The average molecular weight is 293 g/mol. The molecule has 0 amide bonds. The minimum Gasteiger partial charge on any atom is -0.335 e. The molecule has 0 spiro atoms. The van der Waals surface area contributed by atoms with E-state index in [1.165, 1.54) is 82.9 Å². The number of aryl methyl sites for hydroxylation is 2. The Morgan fingerprint density at radius 1 is 0.762 bits per heavy atom. The standard InChI is InChI=1S/C19H36N2/c1-3-5-6-7-8-9-10-11-12-13-14-15-16-19-20-17-18-21(19)4-2/h17-18H,3-16H2,1-2H3. The monoisotopic (exact) mass is 292 g/mol. The first-order chi connectivity index (χ1) is 10.4. The molecule has 1 aromatic heterocycles. The lowest BCUT2D eigenvalue weighted by Gasteiger charge is -2.05. The molecule has 2 nitrogen and oxygen atoms in total. The van der Waals surface area contributed by atoms with E-state index in [1.54, 1.807) is 0 Å². The van der Waals surface area contributed by atoms with E-state index in [9.17, 15) is 0 Å². The Hall–Kier alpha value is -0.790. The highest BCUT2D eigenvalue weighted by molar-refractivity contribution is 4.91. The summed E-state index contributed by atoms with van der Waals surface area (Å²) in [5.74, 6) is 1.27. The Morgan fingerprint density at radius 3 is 1.81 bits per heavy atom. The summed E-state index contributed by atoms with van der Waals surface area (Å²) < 4.78 is 2.26. The summed E-state index contributed by atoms with van der Waals surface area (Å²) in [6.45, 7) is 5.52. The van der Waals surface area contributed by atoms with Gasteiger partial charge in [-0.05, 0) is 13.3 Å². The van der Waals surface area contributed by atoms with Crippen LogP contribution in [0.5, 0.6) is 0 Å². The van der Waals surface area contributed by atoms with Gasteiger partial charge in [0.15, 0.2) is 0 Å².